The molecule has 90 valence electrons. The van der Waals surface area contributed by atoms with Gasteiger partial charge in [0.2, 0.25) is 0 Å². The molecule has 1 aromatic carbocycles. The zero-order chi connectivity index (χ0) is 12.3. The molecule has 1 aromatic rings. The summed E-state index contributed by atoms with van der Waals surface area (Å²) in [4.78, 5) is 0. The molecule has 3 N–H and O–H groups in total. The van der Waals surface area contributed by atoms with E-state index in [2.05, 4.69) is 5.43 Å². The zero-order valence-corrected chi connectivity index (χ0v) is 9.55. The second-order valence-corrected chi connectivity index (χ2v) is 4.07. The second kappa shape index (κ2) is 4.86. The number of halogens is 2. The number of nitrogens with one attached hydrogen (secondary N) is 1. The molecule has 1 rings (SSSR count). The molecule has 0 fully saturated rings. The van der Waals surface area contributed by atoms with Gasteiger partial charge in [-0.1, -0.05) is 0 Å². The van der Waals surface area contributed by atoms with E-state index in [-0.39, 0.29) is 5.56 Å². The average Bonchev–Trinajstić information content (AvgIpc) is 2.24. The first-order valence-electron chi connectivity index (χ1n) is 4.88. The minimum absolute atomic E-state index is 0.148. The summed E-state index contributed by atoms with van der Waals surface area (Å²) in [5.74, 6) is 4.34. The number of rotatable bonds is 4. The van der Waals surface area contributed by atoms with Crippen LogP contribution in [0.5, 0.6) is 0 Å². The summed E-state index contributed by atoms with van der Waals surface area (Å²) in [6.07, 6.45) is 0. The van der Waals surface area contributed by atoms with E-state index in [9.17, 15) is 8.78 Å². The molecular formula is C11H16F2N2O. The van der Waals surface area contributed by atoms with Gasteiger partial charge in [0.05, 0.1) is 11.6 Å². The smallest absolute Gasteiger partial charge is 0.128 e. The molecule has 1 unspecified atom stereocenters. The topological polar surface area (TPSA) is 47.3 Å². The Labute approximate surface area is 93.6 Å². The van der Waals surface area contributed by atoms with E-state index in [0.717, 1.165) is 18.2 Å². The molecule has 3 nitrogen and oxygen atoms in total. The fourth-order valence-electron chi connectivity index (χ4n) is 1.52. The molecule has 0 spiro atoms. The normalized spacial score (nSPS) is 13.9. The Morgan fingerprint density at radius 1 is 1.38 bits per heavy atom. The highest BCUT2D eigenvalue weighted by Gasteiger charge is 2.32. The molecule has 0 bridgehead atoms. The summed E-state index contributed by atoms with van der Waals surface area (Å²) in [7, 11) is 1.49. The van der Waals surface area contributed by atoms with Gasteiger partial charge < -0.3 is 4.74 Å². The maximum Gasteiger partial charge on any atom is 0.128 e. The molecule has 0 saturated heterocycles. The highest BCUT2D eigenvalue weighted by atomic mass is 19.1. The first kappa shape index (κ1) is 13.0. The number of ether oxygens (including phenoxy) is 1. The maximum absolute atomic E-state index is 13.6. The third-order valence-electron chi connectivity index (χ3n) is 2.66. The number of methoxy groups -OCH3 is 1. The van der Waals surface area contributed by atoms with Crippen LogP contribution < -0.4 is 11.3 Å². The fraction of sp³-hybridized carbons (Fsp3) is 0.455. The predicted molar refractivity (Wildman–Crippen MR) is 57.5 cm³/mol. The molecular weight excluding hydrogens is 214 g/mol. The molecule has 0 saturated carbocycles. The van der Waals surface area contributed by atoms with Gasteiger partial charge in [-0.25, -0.2) is 14.2 Å². The zero-order valence-electron chi connectivity index (χ0n) is 9.55. The van der Waals surface area contributed by atoms with Crippen molar-refractivity contribution >= 4 is 0 Å². The number of nitrogens with two attached hydrogens (primary N) is 1. The maximum atomic E-state index is 13.6. The van der Waals surface area contributed by atoms with Crippen molar-refractivity contribution in [3.8, 4) is 0 Å². The number of hydrogen-bond donors (Lipinski definition) is 2. The van der Waals surface area contributed by atoms with Crippen molar-refractivity contribution < 1.29 is 13.5 Å². The number of benzene rings is 1. The number of hydrazine groups is 1. The van der Waals surface area contributed by atoms with Crippen LogP contribution in [0.25, 0.3) is 0 Å². The highest BCUT2D eigenvalue weighted by molar-refractivity contribution is 5.24. The molecule has 5 heteroatoms. The Bertz CT molecular complexity index is 369. The van der Waals surface area contributed by atoms with E-state index in [1.807, 2.05) is 0 Å². The Morgan fingerprint density at radius 3 is 2.50 bits per heavy atom. The fourth-order valence-corrected chi connectivity index (χ4v) is 1.52. The predicted octanol–water partition coefficient (Wildman–Crippen LogP) is 1.89. The summed E-state index contributed by atoms with van der Waals surface area (Å²) in [5.41, 5.74) is 1.85. The van der Waals surface area contributed by atoms with Crippen molar-refractivity contribution in [2.75, 3.05) is 7.11 Å². The average molecular weight is 230 g/mol. The second-order valence-electron chi connectivity index (χ2n) is 4.07. The van der Waals surface area contributed by atoms with Crippen molar-refractivity contribution in [1.29, 1.82) is 0 Å². The molecule has 0 radical (unpaired) electrons. The largest absolute Gasteiger partial charge is 0.377 e. The third-order valence-corrected chi connectivity index (χ3v) is 2.66. The van der Waals surface area contributed by atoms with Crippen LogP contribution in [0.1, 0.15) is 25.5 Å². The number of hydrogen-bond acceptors (Lipinski definition) is 3. The molecule has 1 atom stereocenters. The van der Waals surface area contributed by atoms with Crippen LogP contribution in [-0.4, -0.2) is 12.7 Å². The van der Waals surface area contributed by atoms with Gasteiger partial charge >= 0.3 is 0 Å². The van der Waals surface area contributed by atoms with E-state index in [1.54, 1.807) is 13.8 Å². The summed E-state index contributed by atoms with van der Waals surface area (Å²) in [5, 5.41) is 0. The van der Waals surface area contributed by atoms with Crippen molar-refractivity contribution in [2.24, 2.45) is 5.84 Å². The lowest BCUT2D eigenvalue weighted by atomic mass is 9.91. The Morgan fingerprint density at radius 2 is 2.00 bits per heavy atom. The SMILES string of the molecule is COC(C)(C)C(NN)c1cc(F)ccc1F. The lowest BCUT2D eigenvalue weighted by Gasteiger charge is -2.33. The minimum Gasteiger partial charge on any atom is -0.377 e. The first-order chi connectivity index (χ1) is 7.42. The van der Waals surface area contributed by atoms with Crippen LogP contribution in [0, 0.1) is 11.6 Å². The summed E-state index contributed by atoms with van der Waals surface area (Å²) in [6.45, 7) is 3.48. The Hall–Kier alpha value is -1.04. The Balaban J connectivity index is 3.18. The van der Waals surface area contributed by atoms with E-state index in [4.69, 9.17) is 10.6 Å². The summed E-state index contributed by atoms with van der Waals surface area (Å²) < 4.78 is 31.8. The molecule has 0 aromatic heterocycles. The summed E-state index contributed by atoms with van der Waals surface area (Å²) in [6, 6.07) is 2.61. The van der Waals surface area contributed by atoms with Crippen molar-refractivity contribution in [2.45, 2.75) is 25.5 Å². The van der Waals surface area contributed by atoms with Gasteiger partial charge in [0.25, 0.3) is 0 Å². The van der Waals surface area contributed by atoms with Crippen LogP contribution in [-0.2, 0) is 4.74 Å². The molecule has 16 heavy (non-hydrogen) atoms. The van der Waals surface area contributed by atoms with Crippen LogP contribution in [0.2, 0.25) is 0 Å². The molecule has 0 heterocycles. The Kier molecular flexibility index (Phi) is 3.96. The molecule has 0 aliphatic rings. The van der Waals surface area contributed by atoms with E-state index in [0.29, 0.717) is 0 Å². The highest BCUT2D eigenvalue weighted by Crippen LogP contribution is 2.29. The molecule has 0 aliphatic carbocycles. The van der Waals surface area contributed by atoms with E-state index < -0.39 is 23.3 Å². The van der Waals surface area contributed by atoms with Crippen LogP contribution in [0.4, 0.5) is 8.78 Å². The summed E-state index contributed by atoms with van der Waals surface area (Å²) >= 11 is 0. The van der Waals surface area contributed by atoms with E-state index in [1.165, 1.54) is 7.11 Å². The first-order valence-corrected chi connectivity index (χ1v) is 4.88. The van der Waals surface area contributed by atoms with Crippen LogP contribution in [0.3, 0.4) is 0 Å². The monoisotopic (exact) mass is 230 g/mol. The van der Waals surface area contributed by atoms with Gasteiger partial charge in [-0.05, 0) is 32.0 Å². The standard InChI is InChI=1S/C11H16F2N2O/c1-11(2,16-3)10(15-14)8-6-7(12)4-5-9(8)13/h4-6,10,15H,14H2,1-3H3. The lowest BCUT2D eigenvalue weighted by Crippen LogP contribution is -2.44. The van der Waals surface area contributed by atoms with Gasteiger partial charge in [0, 0.05) is 12.7 Å². The van der Waals surface area contributed by atoms with Crippen molar-refractivity contribution in [3.63, 3.8) is 0 Å². The molecule has 0 aliphatic heterocycles. The van der Waals surface area contributed by atoms with E-state index >= 15 is 0 Å². The van der Waals surface area contributed by atoms with Crippen molar-refractivity contribution in [3.05, 3.63) is 35.4 Å². The van der Waals surface area contributed by atoms with Gasteiger partial charge in [-0.15, -0.1) is 0 Å². The molecule has 0 amide bonds. The minimum atomic E-state index is -0.747. The van der Waals surface area contributed by atoms with Gasteiger partial charge in [-0.2, -0.15) is 0 Å². The van der Waals surface area contributed by atoms with Crippen LogP contribution in [0.15, 0.2) is 18.2 Å². The van der Waals surface area contributed by atoms with Gasteiger partial charge in [0.1, 0.15) is 11.6 Å². The lowest BCUT2D eigenvalue weighted by molar-refractivity contribution is -0.0121. The van der Waals surface area contributed by atoms with Gasteiger partial charge in [0.15, 0.2) is 0 Å². The third kappa shape index (κ3) is 2.55. The quantitative estimate of drug-likeness (QED) is 0.613. The van der Waals surface area contributed by atoms with Crippen LogP contribution >= 0.6 is 0 Å². The van der Waals surface area contributed by atoms with Gasteiger partial charge in [-0.3, -0.25) is 5.84 Å². The van der Waals surface area contributed by atoms with Crippen molar-refractivity contribution in [1.82, 2.24) is 5.43 Å².